The number of hydrogen-bond acceptors (Lipinski definition) is 2. The Morgan fingerprint density at radius 2 is 1.65 bits per heavy atom. The lowest BCUT2D eigenvalue weighted by atomic mass is 10.1. The van der Waals surface area contributed by atoms with E-state index < -0.39 is 15.8 Å². The number of benzene rings is 3. The lowest BCUT2D eigenvalue weighted by Crippen LogP contribution is -2.30. The van der Waals surface area contributed by atoms with E-state index in [9.17, 15) is 12.8 Å². The highest BCUT2D eigenvalue weighted by atomic mass is 35.5. The van der Waals surface area contributed by atoms with Gasteiger partial charge in [-0.25, -0.2) is 12.8 Å². The third-order valence-electron chi connectivity index (χ3n) is 3.91. The third kappa shape index (κ3) is 4.06. The van der Waals surface area contributed by atoms with Gasteiger partial charge in [0.05, 0.1) is 17.1 Å². The molecule has 0 aliphatic carbocycles. The molecule has 0 saturated carbocycles. The zero-order valence-electron chi connectivity index (χ0n) is 14.1. The summed E-state index contributed by atoms with van der Waals surface area (Å²) in [6, 6.07) is 19.1. The van der Waals surface area contributed by atoms with E-state index >= 15 is 0 Å². The summed E-state index contributed by atoms with van der Waals surface area (Å²) in [5, 5.41) is 0.507. The van der Waals surface area contributed by atoms with Gasteiger partial charge >= 0.3 is 0 Å². The number of rotatable bonds is 5. The van der Waals surface area contributed by atoms with Gasteiger partial charge in [-0.1, -0.05) is 47.5 Å². The fourth-order valence-electron chi connectivity index (χ4n) is 2.65. The van der Waals surface area contributed by atoms with Gasteiger partial charge in [-0.05, 0) is 55.0 Å². The second-order valence-corrected chi connectivity index (χ2v) is 8.23. The Hall–Kier alpha value is -2.37. The molecule has 26 heavy (non-hydrogen) atoms. The smallest absolute Gasteiger partial charge is 0.262 e. The van der Waals surface area contributed by atoms with Crippen molar-refractivity contribution < 1.29 is 12.8 Å². The van der Waals surface area contributed by atoms with E-state index in [1.807, 2.05) is 31.2 Å². The topological polar surface area (TPSA) is 37.4 Å². The summed E-state index contributed by atoms with van der Waals surface area (Å²) in [7, 11) is -3.95. The van der Waals surface area contributed by atoms with E-state index in [0.717, 1.165) is 17.2 Å². The van der Waals surface area contributed by atoms with Crippen LogP contribution in [0.15, 0.2) is 77.7 Å². The van der Waals surface area contributed by atoms with Crippen LogP contribution in [0.4, 0.5) is 10.1 Å². The summed E-state index contributed by atoms with van der Waals surface area (Å²) in [6.07, 6.45) is 0. The van der Waals surface area contributed by atoms with E-state index in [2.05, 4.69) is 0 Å². The van der Waals surface area contributed by atoms with Crippen LogP contribution < -0.4 is 4.31 Å². The molecule has 0 fully saturated rings. The lowest BCUT2D eigenvalue weighted by molar-refractivity contribution is 0.585. The minimum absolute atomic E-state index is 0.0971. The summed E-state index contributed by atoms with van der Waals surface area (Å²) < 4.78 is 41.2. The largest absolute Gasteiger partial charge is 0.264 e. The number of nitrogens with zero attached hydrogens (tertiary/aromatic N) is 1. The van der Waals surface area contributed by atoms with Gasteiger partial charge in [0.1, 0.15) is 5.82 Å². The van der Waals surface area contributed by atoms with Gasteiger partial charge in [-0.2, -0.15) is 0 Å². The second kappa shape index (κ2) is 7.48. The van der Waals surface area contributed by atoms with Crippen LogP contribution in [0.5, 0.6) is 0 Å². The molecule has 0 bridgehead atoms. The quantitative estimate of drug-likeness (QED) is 0.602. The SMILES string of the molecule is Cc1cccc(CN(c2ccc(Cl)cc2)S(=O)(=O)c2cccc(F)c2)c1. The molecular weight excluding hydrogens is 373 g/mol. The summed E-state index contributed by atoms with van der Waals surface area (Å²) in [5.41, 5.74) is 2.32. The molecule has 0 amide bonds. The number of hydrogen-bond donors (Lipinski definition) is 0. The van der Waals surface area contributed by atoms with Gasteiger partial charge in [0.15, 0.2) is 0 Å². The monoisotopic (exact) mass is 389 g/mol. The Labute approximate surface area is 157 Å². The minimum Gasteiger partial charge on any atom is -0.262 e. The molecule has 0 radical (unpaired) electrons. The van der Waals surface area contributed by atoms with Crippen molar-refractivity contribution in [2.75, 3.05) is 4.31 Å². The summed E-state index contributed by atoms with van der Waals surface area (Å²) in [5.74, 6) is -0.599. The third-order valence-corrected chi connectivity index (χ3v) is 5.93. The number of sulfonamides is 1. The maximum atomic E-state index is 13.6. The zero-order valence-corrected chi connectivity index (χ0v) is 15.6. The normalized spacial score (nSPS) is 11.3. The van der Waals surface area contributed by atoms with Crippen LogP contribution in [-0.2, 0) is 16.6 Å². The molecule has 134 valence electrons. The van der Waals surface area contributed by atoms with Crippen molar-refractivity contribution >= 4 is 27.3 Å². The Balaban J connectivity index is 2.09. The zero-order chi connectivity index (χ0) is 18.7. The van der Waals surface area contributed by atoms with Crippen molar-refractivity contribution in [1.82, 2.24) is 0 Å². The molecule has 0 N–H and O–H groups in total. The van der Waals surface area contributed by atoms with E-state index in [1.54, 1.807) is 24.3 Å². The summed E-state index contributed by atoms with van der Waals surface area (Å²) in [6.45, 7) is 2.07. The molecule has 0 saturated heterocycles. The van der Waals surface area contributed by atoms with Crippen molar-refractivity contribution in [2.45, 2.75) is 18.4 Å². The maximum absolute atomic E-state index is 13.6. The van der Waals surface area contributed by atoms with Crippen LogP contribution in [-0.4, -0.2) is 8.42 Å². The Morgan fingerprint density at radius 1 is 0.962 bits per heavy atom. The fraction of sp³-hybridized carbons (Fsp3) is 0.100. The standard InChI is InChI=1S/C20H17ClFNO2S/c1-15-4-2-5-16(12-15)14-23(19-10-8-17(21)9-11-19)26(24,25)20-7-3-6-18(22)13-20/h2-13H,14H2,1H3. The summed E-state index contributed by atoms with van der Waals surface area (Å²) in [4.78, 5) is -0.0971. The average molecular weight is 390 g/mol. The first-order chi connectivity index (χ1) is 12.4. The van der Waals surface area contributed by atoms with Crippen molar-refractivity contribution in [2.24, 2.45) is 0 Å². The van der Waals surface area contributed by atoms with E-state index in [-0.39, 0.29) is 11.4 Å². The van der Waals surface area contributed by atoms with Gasteiger partial charge < -0.3 is 0 Å². The first kappa shape index (κ1) is 18.4. The maximum Gasteiger partial charge on any atom is 0.264 e. The highest BCUT2D eigenvalue weighted by Crippen LogP contribution is 2.27. The van der Waals surface area contributed by atoms with Crippen LogP contribution in [0, 0.1) is 12.7 Å². The molecule has 6 heteroatoms. The molecule has 0 aromatic heterocycles. The van der Waals surface area contributed by atoms with Crippen molar-refractivity contribution in [3.63, 3.8) is 0 Å². The first-order valence-corrected chi connectivity index (χ1v) is 9.77. The van der Waals surface area contributed by atoms with Gasteiger partial charge in [0, 0.05) is 5.02 Å². The highest BCUT2D eigenvalue weighted by molar-refractivity contribution is 7.92. The number of halogens is 2. The van der Waals surface area contributed by atoms with Crippen molar-refractivity contribution in [3.8, 4) is 0 Å². The lowest BCUT2D eigenvalue weighted by Gasteiger charge is -2.25. The van der Waals surface area contributed by atoms with Crippen LogP contribution in [0.25, 0.3) is 0 Å². The predicted octanol–water partition coefficient (Wildman–Crippen LogP) is 5.18. The first-order valence-electron chi connectivity index (χ1n) is 7.96. The molecule has 3 nitrogen and oxygen atoms in total. The molecule has 3 aromatic rings. The Morgan fingerprint density at radius 3 is 2.31 bits per heavy atom. The van der Waals surface area contributed by atoms with E-state index in [0.29, 0.717) is 10.7 Å². The molecule has 0 aliphatic heterocycles. The molecule has 0 spiro atoms. The highest BCUT2D eigenvalue weighted by Gasteiger charge is 2.25. The molecule has 3 aromatic carbocycles. The van der Waals surface area contributed by atoms with Crippen LogP contribution in [0.1, 0.15) is 11.1 Å². The molecule has 0 atom stereocenters. The van der Waals surface area contributed by atoms with Crippen LogP contribution in [0.2, 0.25) is 5.02 Å². The van der Waals surface area contributed by atoms with Crippen molar-refractivity contribution in [1.29, 1.82) is 0 Å². The van der Waals surface area contributed by atoms with Crippen molar-refractivity contribution in [3.05, 3.63) is 94.8 Å². The Bertz CT molecular complexity index is 1020. The minimum atomic E-state index is -3.95. The second-order valence-electron chi connectivity index (χ2n) is 5.93. The van der Waals surface area contributed by atoms with Gasteiger partial charge in [0.25, 0.3) is 10.0 Å². The molecule has 0 aliphatic rings. The average Bonchev–Trinajstić information content (AvgIpc) is 2.60. The molecule has 0 heterocycles. The molecule has 3 rings (SSSR count). The fourth-order valence-corrected chi connectivity index (χ4v) is 4.26. The summed E-state index contributed by atoms with van der Waals surface area (Å²) >= 11 is 5.93. The van der Waals surface area contributed by atoms with Crippen LogP contribution in [0.3, 0.4) is 0 Å². The van der Waals surface area contributed by atoms with Gasteiger partial charge in [-0.3, -0.25) is 4.31 Å². The molecule has 0 unspecified atom stereocenters. The molecular formula is C20H17ClFNO2S. The number of anilines is 1. The van der Waals surface area contributed by atoms with E-state index in [4.69, 9.17) is 11.6 Å². The van der Waals surface area contributed by atoms with Crippen LogP contribution >= 0.6 is 11.6 Å². The van der Waals surface area contributed by atoms with Gasteiger partial charge in [-0.15, -0.1) is 0 Å². The van der Waals surface area contributed by atoms with E-state index in [1.165, 1.54) is 22.5 Å². The Kier molecular flexibility index (Phi) is 5.30. The predicted molar refractivity (Wildman–Crippen MR) is 102 cm³/mol. The number of aryl methyl sites for hydroxylation is 1. The van der Waals surface area contributed by atoms with Gasteiger partial charge in [0.2, 0.25) is 0 Å².